The predicted octanol–water partition coefficient (Wildman–Crippen LogP) is -0.353. The topological polar surface area (TPSA) is 58.9 Å². The van der Waals surface area contributed by atoms with E-state index >= 15 is 0 Å². The maximum atomic E-state index is 9.11. The fourth-order valence-electron chi connectivity index (χ4n) is 0.656. The molecule has 0 saturated heterocycles. The number of aliphatic hydroxyl groups is 2. The van der Waals surface area contributed by atoms with Crippen LogP contribution >= 0.6 is 12.6 Å². The lowest BCUT2D eigenvalue weighted by Gasteiger charge is -2.20. The minimum Gasteiger partial charge on any atom is -0.393 e. The second-order valence-corrected chi connectivity index (χ2v) is 3.42. The van der Waals surface area contributed by atoms with Gasteiger partial charge in [-0.2, -0.15) is 12.6 Å². The van der Waals surface area contributed by atoms with E-state index in [1.165, 1.54) is 7.11 Å². The third-order valence-corrected chi connectivity index (χ3v) is 1.38. The van der Waals surface area contributed by atoms with Gasteiger partial charge in [-0.25, -0.2) is 0 Å². The molecule has 0 fully saturated rings. The van der Waals surface area contributed by atoms with Gasteiger partial charge >= 0.3 is 0 Å². The summed E-state index contributed by atoms with van der Waals surface area (Å²) in [6.45, 7) is 1.86. The average Bonchev–Trinajstić information content (AvgIpc) is 2.04. The maximum Gasteiger partial charge on any atom is 0.185 e. The van der Waals surface area contributed by atoms with Crippen molar-refractivity contribution < 1.29 is 19.7 Å². The molecule has 0 spiro atoms. The summed E-state index contributed by atoms with van der Waals surface area (Å²) in [5.41, 5.74) is 0. The summed E-state index contributed by atoms with van der Waals surface area (Å²) in [6, 6.07) is 0. The lowest BCUT2D eigenvalue weighted by molar-refractivity contribution is -0.187. The first-order valence-electron chi connectivity index (χ1n) is 3.73. The van der Waals surface area contributed by atoms with Crippen LogP contribution in [0.15, 0.2) is 0 Å². The van der Waals surface area contributed by atoms with Crippen molar-refractivity contribution in [1.82, 2.24) is 0 Å². The number of ether oxygens (including phenoxy) is 2. The summed E-state index contributed by atoms with van der Waals surface area (Å²) in [4.78, 5) is 0. The number of hydrogen-bond donors (Lipinski definition) is 3. The van der Waals surface area contributed by atoms with E-state index in [1.807, 2.05) is 6.92 Å². The highest BCUT2D eigenvalue weighted by Gasteiger charge is 2.18. The van der Waals surface area contributed by atoms with Gasteiger partial charge in [-0.05, 0) is 0 Å². The van der Waals surface area contributed by atoms with Crippen LogP contribution in [-0.4, -0.2) is 48.2 Å². The van der Waals surface area contributed by atoms with Crippen LogP contribution in [-0.2, 0) is 9.47 Å². The van der Waals surface area contributed by atoms with E-state index in [0.29, 0.717) is 6.61 Å². The van der Waals surface area contributed by atoms with Gasteiger partial charge in [0.1, 0.15) is 6.10 Å². The van der Waals surface area contributed by atoms with Crippen molar-refractivity contribution in [1.29, 1.82) is 0 Å². The quantitative estimate of drug-likeness (QED) is 0.401. The Bertz CT molecular complexity index is 110. The highest BCUT2D eigenvalue weighted by molar-refractivity contribution is 7.80. The molecule has 0 saturated carbocycles. The van der Waals surface area contributed by atoms with Gasteiger partial charge in [-0.15, -0.1) is 0 Å². The molecule has 4 nitrogen and oxygen atoms in total. The second kappa shape index (κ2) is 6.68. The van der Waals surface area contributed by atoms with Crippen LogP contribution in [0.3, 0.4) is 0 Å². The van der Waals surface area contributed by atoms with Gasteiger partial charge in [0.25, 0.3) is 0 Å². The Morgan fingerprint density at radius 2 is 2.08 bits per heavy atom. The zero-order valence-corrected chi connectivity index (χ0v) is 8.20. The molecule has 0 aromatic heterocycles. The molecule has 0 aliphatic rings. The number of rotatable bonds is 6. The van der Waals surface area contributed by atoms with Crippen LogP contribution in [0.5, 0.6) is 0 Å². The molecule has 0 heterocycles. The zero-order valence-electron chi connectivity index (χ0n) is 7.30. The molecule has 0 radical (unpaired) electrons. The van der Waals surface area contributed by atoms with E-state index < -0.39 is 12.4 Å². The lowest BCUT2D eigenvalue weighted by atomic mass is 10.3. The SMILES string of the molecule is COC(OC[C@H](C)S)[C@@H](O)CO. The van der Waals surface area contributed by atoms with Crippen LogP contribution < -0.4 is 0 Å². The summed E-state index contributed by atoms with van der Waals surface area (Å²) in [5, 5.41) is 17.8. The molecular weight excluding hydrogens is 180 g/mol. The standard InChI is InChI=1S/C7H16O4S/c1-5(12)4-11-7(10-2)6(9)3-8/h5-9,12H,3-4H2,1-2H3/t5-,6-,7?/m0/s1. The molecule has 0 aromatic rings. The molecule has 0 amide bonds. The summed E-state index contributed by atoms with van der Waals surface area (Å²) < 4.78 is 9.88. The van der Waals surface area contributed by atoms with Gasteiger partial charge in [0.2, 0.25) is 0 Å². The molecule has 0 bridgehead atoms. The summed E-state index contributed by atoms with van der Waals surface area (Å²) >= 11 is 4.08. The van der Waals surface area contributed by atoms with Crippen molar-refractivity contribution in [2.24, 2.45) is 0 Å². The van der Waals surface area contributed by atoms with E-state index in [9.17, 15) is 0 Å². The van der Waals surface area contributed by atoms with Crippen molar-refractivity contribution in [3.8, 4) is 0 Å². The van der Waals surface area contributed by atoms with Gasteiger partial charge in [-0.1, -0.05) is 6.92 Å². The van der Waals surface area contributed by atoms with E-state index in [4.69, 9.17) is 19.7 Å². The number of aliphatic hydroxyl groups excluding tert-OH is 2. The second-order valence-electron chi connectivity index (χ2n) is 2.54. The van der Waals surface area contributed by atoms with Crippen molar-refractivity contribution in [2.75, 3.05) is 20.3 Å². The smallest absolute Gasteiger partial charge is 0.185 e. The average molecular weight is 196 g/mol. The van der Waals surface area contributed by atoms with Crippen molar-refractivity contribution in [2.45, 2.75) is 24.6 Å². The minimum atomic E-state index is -0.998. The van der Waals surface area contributed by atoms with Crippen LogP contribution in [0.2, 0.25) is 0 Å². The molecule has 0 rings (SSSR count). The predicted molar refractivity (Wildman–Crippen MR) is 48.3 cm³/mol. The van der Waals surface area contributed by atoms with Gasteiger partial charge in [0.05, 0.1) is 13.2 Å². The van der Waals surface area contributed by atoms with Crippen LogP contribution in [0.4, 0.5) is 0 Å². The number of hydrogen-bond acceptors (Lipinski definition) is 5. The van der Waals surface area contributed by atoms with Crippen LogP contribution in [0, 0.1) is 0 Å². The van der Waals surface area contributed by atoms with Gasteiger partial charge in [-0.3, -0.25) is 0 Å². The first-order valence-corrected chi connectivity index (χ1v) is 4.24. The number of thiol groups is 1. The molecule has 2 N–H and O–H groups in total. The molecule has 1 unspecified atom stereocenters. The summed E-state index contributed by atoms with van der Waals surface area (Å²) in [5.74, 6) is 0. The Labute approximate surface area is 77.9 Å². The van der Waals surface area contributed by atoms with Crippen molar-refractivity contribution in [3.05, 3.63) is 0 Å². The molecule has 3 atom stereocenters. The Hall–Kier alpha value is 0.190. The molecule has 0 aliphatic heterocycles. The van der Waals surface area contributed by atoms with Crippen LogP contribution in [0.1, 0.15) is 6.92 Å². The van der Waals surface area contributed by atoms with Crippen molar-refractivity contribution in [3.63, 3.8) is 0 Å². The molecular formula is C7H16O4S. The molecule has 0 aliphatic carbocycles. The minimum absolute atomic E-state index is 0.0774. The zero-order chi connectivity index (χ0) is 9.56. The Morgan fingerprint density at radius 1 is 1.50 bits per heavy atom. The fourth-order valence-corrected chi connectivity index (χ4v) is 0.742. The van der Waals surface area contributed by atoms with Crippen molar-refractivity contribution >= 4 is 12.6 Å². The Kier molecular flexibility index (Phi) is 6.78. The number of methoxy groups -OCH3 is 1. The largest absolute Gasteiger partial charge is 0.393 e. The fraction of sp³-hybridized carbons (Fsp3) is 1.00. The van der Waals surface area contributed by atoms with E-state index in [-0.39, 0.29) is 11.9 Å². The monoisotopic (exact) mass is 196 g/mol. The maximum absolute atomic E-state index is 9.11. The molecule has 12 heavy (non-hydrogen) atoms. The first-order chi connectivity index (χ1) is 5.61. The third-order valence-electron chi connectivity index (χ3n) is 1.24. The normalized spacial score (nSPS) is 18.8. The highest BCUT2D eigenvalue weighted by atomic mass is 32.1. The first kappa shape index (κ1) is 12.2. The molecule has 5 heteroatoms. The lowest BCUT2D eigenvalue weighted by Crippen LogP contribution is -2.34. The van der Waals surface area contributed by atoms with Crippen LogP contribution in [0.25, 0.3) is 0 Å². The molecule has 74 valence electrons. The van der Waals surface area contributed by atoms with Gasteiger partial charge in [0.15, 0.2) is 6.29 Å². The van der Waals surface area contributed by atoms with Gasteiger partial charge in [0, 0.05) is 12.4 Å². The molecule has 0 aromatic carbocycles. The Morgan fingerprint density at radius 3 is 2.42 bits per heavy atom. The Balaban J connectivity index is 3.67. The summed E-state index contributed by atoms with van der Waals surface area (Å²) in [7, 11) is 1.41. The van der Waals surface area contributed by atoms with E-state index in [2.05, 4.69) is 12.6 Å². The van der Waals surface area contributed by atoms with E-state index in [0.717, 1.165) is 0 Å². The van der Waals surface area contributed by atoms with E-state index in [1.54, 1.807) is 0 Å². The summed E-state index contributed by atoms with van der Waals surface area (Å²) in [6.07, 6.45) is -1.77. The van der Waals surface area contributed by atoms with Gasteiger partial charge < -0.3 is 19.7 Å². The highest BCUT2D eigenvalue weighted by Crippen LogP contribution is 2.03. The third kappa shape index (κ3) is 4.95.